The van der Waals surface area contributed by atoms with Crippen molar-refractivity contribution in [3.63, 3.8) is 0 Å². The topological polar surface area (TPSA) is 86.1 Å². The quantitative estimate of drug-likeness (QED) is 0.489. The normalized spacial score (nSPS) is 16.2. The van der Waals surface area contributed by atoms with Crippen LogP contribution in [0.1, 0.15) is 24.0 Å². The molecule has 1 fully saturated rings. The second-order valence-electron chi connectivity index (χ2n) is 4.29. The van der Waals surface area contributed by atoms with Crippen LogP contribution in [0.3, 0.4) is 0 Å². The molecule has 0 unspecified atom stereocenters. The lowest BCUT2D eigenvalue weighted by Crippen LogP contribution is -2.20. The number of benzene rings is 1. The van der Waals surface area contributed by atoms with E-state index in [1.165, 1.54) is 0 Å². The first-order valence-electron chi connectivity index (χ1n) is 5.71. The Morgan fingerprint density at radius 3 is 2.83 bits per heavy atom. The van der Waals surface area contributed by atoms with Crippen molar-refractivity contribution >= 4 is 12.0 Å². The summed E-state index contributed by atoms with van der Waals surface area (Å²) in [4.78, 5) is 14.0. The number of hydrogen-bond donors (Lipinski definition) is 1. The van der Waals surface area contributed by atoms with Gasteiger partial charge in [-0.15, -0.1) is 0 Å². The van der Waals surface area contributed by atoms with Gasteiger partial charge in [-0.3, -0.25) is 4.79 Å². The number of nitrogens with zero attached hydrogens (tertiary/aromatic N) is 3. The number of carboxylic acid groups (broad SMARTS) is 1. The average molecular weight is 243 g/mol. The van der Waals surface area contributed by atoms with Gasteiger partial charge < -0.3 is 5.11 Å². The summed E-state index contributed by atoms with van der Waals surface area (Å²) in [6.45, 7) is 0.269. The molecule has 92 valence electrons. The molecule has 1 aromatic rings. The van der Waals surface area contributed by atoms with E-state index in [0.29, 0.717) is 12.8 Å². The summed E-state index contributed by atoms with van der Waals surface area (Å²) < 4.78 is 0. The first kappa shape index (κ1) is 12.2. The van der Waals surface area contributed by atoms with Crippen LogP contribution in [0.2, 0.25) is 0 Å². The highest BCUT2D eigenvalue weighted by atomic mass is 16.4. The fourth-order valence-corrected chi connectivity index (χ4v) is 2.06. The van der Waals surface area contributed by atoms with Gasteiger partial charge in [0.25, 0.3) is 0 Å². The molecule has 0 radical (unpaired) electrons. The number of azide groups is 1. The van der Waals surface area contributed by atoms with Crippen molar-refractivity contribution in [1.82, 2.24) is 0 Å². The summed E-state index contributed by atoms with van der Waals surface area (Å²) in [5.41, 5.74) is 9.19. The van der Waals surface area contributed by atoms with Crippen molar-refractivity contribution in [2.75, 3.05) is 6.54 Å². The van der Waals surface area contributed by atoms with E-state index < -0.39 is 11.4 Å². The molecule has 1 aliphatic rings. The number of aliphatic carboxylic acids is 1. The smallest absolute Gasteiger partial charge is 0.314 e. The summed E-state index contributed by atoms with van der Waals surface area (Å²) in [6.07, 6.45) is 4.91. The molecule has 0 amide bonds. The van der Waals surface area contributed by atoms with Gasteiger partial charge in [0, 0.05) is 11.5 Å². The zero-order valence-electron chi connectivity index (χ0n) is 9.78. The summed E-state index contributed by atoms with van der Waals surface area (Å²) in [5, 5.41) is 12.7. The first-order valence-corrected chi connectivity index (χ1v) is 5.71. The molecule has 5 heteroatoms. The molecule has 2 rings (SSSR count). The van der Waals surface area contributed by atoms with Crippen molar-refractivity contribution in [3.8, 4) is 0 Å². The third-order valence-electron chi connectivity index (χ3n) is 3.18. The largest absolute Gasteiger partial charge is 0.481 e. The van der Waals surface area contributed by atoms with Gasteiger partial charge in [-0.25, -0.2) is 0 Å². The first-order chi connectivity index (χ1) is 8.70. The van der Waals surface area contributed by atoms with Crippen molar-refractivity contribution in [3.05, 3.63) is 51.9 Å². The number of hydrogen-bond acceptors (Lipinski definition) is 2. The molecule has 0 bridgehead atoms. The molecule has 1 N–H and O–H groups in total. The van der Waals surface area contributed by atoms with Crippen LogP contribution in [0.5, 0.6) is 0 Å². The molecular formula is C13H13N3O2. The zero-order chi connectivity index (χ0) is 13.0. The highest BCUT2D eigenvalue weighted by molar-refractivity contribution is 5.86. The van der Waals surface area contributed by atoms with Crippen LogP contribution in [-0.4, -0.2) is 17.6 Å². The molecule has 0 atom stereocenters. The Balaban J connectivity index is 2.29. The highest BCUT2D eigenvalue weighted by Crippen LogP contribution is 2.49. The van der Waals surface area contributed by atoms with E-state index >= 15 is 0 Å². The van der Waals surface area contributed by atoms with Crippen LogP contribution in [0, 0.1) is 0 Å². The second-order valence-corrected chi connectivity index (χ2v) is 4.29. The second kappa shape index (κ2) is 4.94. The molecule has 18 heavy (non-hydrogen) atoms. The molecule has 1 saturated carbocycles. The average Bonchev–Trinajstić information content (AvgIpc) is 3.16. The van der Waals surface area contributed by atoms with Gasteiger partial charge in [-0.1, -0.05) is 41.5 Å². The van der Waals surface area contributed by atoms with Crippen LogP contribution < -0.4 is 0 Å². The lowest BCUT2D eigenvalue weighted by molar-refractivity contribution is -0.140. The summed E-state index contributed by atoms with van der Waals surface area (Å²) in [7, 11) is 0. The Morgan fingerprint density at radius 1 is 1.50 bits per heavy atom. The lowest BCUT2D eigenvalue weighted by atomic mass is 9.91. The summed E-state index contributed by atoms with van der Waals surface area (Å²) >= 11 is 0. The zero-order valence-corrected chi connectivity index (χ0v) is 9.78. The Labute approximate surface area is 104 Å². The van der Waals surface area contributed by atoms with Crippen molar-refractivity contribution in [2.45, 2.75) is 18.3 Å². The van der Waals surface area contributed by atoms with Crippen LogP contribution in [0.15, 0.2) is 35.5 Å². The predicted molar refractivity (Wildman–Crippen MR) is 68.0 cm³/mol. The molecule has 1 aliphatic carbocycles. The van der Waals surface area contributed by atoms with Gasteiger partial charge in [0.05, 0.1) is 5.41 Å². The van der Waals surface area contributed by atoms with Crippen LogP contribution in [0.25, 0.3) is 16.5 Å². The van der Waals surface area contributed by atoms with Gasteiger partial charge >= 0.3 is 5.97 Å². The molecule has 5 nitrogen and oxygen atoms in total. The molecule has 1 aromatic carbocycles. The van der Waals surface area contributed by atoms with E-state index in [0.717, 1.165) is 11.1 Å². The van der Waals surface area contributed by atoms with E-state index in [9.17, 15) is 9.90 Å². The standard InChI is InChI=1S/C13H13N3O2/c14-16-15-9-3-5-10-4-1-2-6-11(10)13(7-8-13)12(17)18/h1-6H,7-9H2,(H,17,18). The van der Waals surface area contributed by atoms with Crippen LogP contribution >= 0.6 is 0 Å². The van der Waals surface area contributed by atoms with E-state index in [1.807, 2.05) is 30.3 Å². The van der Waals surface area contributed by atoms with Crippen molar-refractivity contribution in [1.29, 1.82) is 0 Å². The maximum Gasteiger partial charge on any atom is 0.314 e. The van der Waals surface area contributed by atoms with Gasteiger partial charge in [0.1, 0.15) is 0 Å². The number of carboxylic acids is 1. The van der Waals surface area contributed by atoms with Gasteiger partial charge in [-0.05, 0) is 29.5 Å². The Kier molecular flexibility index (Phi) is 3.35. The molecule has 0 heterocycles. The van der Waals surface area contributed by atoms with Crippen LogP contribution in [0.4, 0.5) is 0 Å². The predicted octanol–water partition coefficient (Wildman–Crippen LogP) is 3.13. The van der Waals surface area contributed by atoms with Gasteiger partial charge in [0.15, 0.2) is 0 Å². The van der Waals surface area contributed by atoms with E-state index in [1.54, 1.807) is 6.08 Å². The van der Waals surface area contributed by atoms with Crippen LogP contribution in [-0.2, 0) is 10.2 Å². The Bertz CT molecular complexity index is 541. The monoisotopic (exact) mass is 243 g/mol. The molecule has 0 spiro atoms. The van der Waals surface area contributed by atoms with Gasteiger partial charge in [-0.2, -0.15) is 0 Å². The number of carbonyl (C=O) groups is 1. The van der Waals surface area contributed by atoms with E-state index in [-0.39, 0.29) is 6.54 Å². The highest BCUT2D eigenvalue weighted by Gasteiger charge is 2.52. The Morgan fingerprint density at radius 2 is 2.22 bits per heavy atom. The minimum atomic E-state index is -0.765. The summed E-state index contributed by atoms with van der Waals surface area (Å²) in [5.74, 6) is -0.765. The maximum atomic E-state index is 11.3. The Hall–Kier alpha value is -2.26. The minimum Gasteiger partial charge on any atom is -0.481 e. The fraction of sp³-hybridized carbons (Fsp3) is 0.308. The minimum absolute atomic E-state index is 0.269. The number of rotatable bonds is 5. The van der Waals surface area contributed by atoms with E-state index in [4.69, 9.17) is 5.53 Å². The molecule has 0 aromatic heterocycles. The van der Waals surface area contributed by atoms with Crippen molar-refractivity contribution < 1.29 is 9.90 Å². The fourth-order valence-electron chi connectivity index (χ4n) is 2.06. The lowest BCUT2D eigenvalue weighted by Gasteiger charge is -2.13. The summed E-state index contributed by atoms with van der Waals surface area (Å²) in [6, 6.07) is 7.46. The molecule has 0 aliphatic heterocycles. The maximum absolute atomic E-state index is 11.3. The molecule has 0 saturated heterocycles. The molecular weight excluding hydrogens is 230 g/mol. The third kappa shape index (κ3) is 2.21. The van der Waals surface area contributed by atoms with Crippen molar-refractivity contribution in [2.24, 2.45) is 5.11 Å². The third-order valence-corrected chi connectivity index (χ3v) is 3.18. The van der Waals surface area contributed by atoms with Gasteiger partial charge in [0.2, 0.25) is 0 Å². The van der Waals surface area contributed by atoms with E-state index in [2.05, 4.69) is 10.0 Å². The SMILES string of the molecule is [N-]=[N+]=NCC=Cc1ccccc1C1(C(=O)O)CC1.